The third-order valence-electron chi connectivity index (χ3n) is 7.99. The minimum Gasteiger partial charge on any atom is -0.382 e. The van der Waals surface area contributed by atoms with Crippen molar-refractivity contribution >= 4 is 27.2 Å². The van der Waals surface area contributed by atoms with E-state index in [9.17, 15) is 17.6 Å². The van der Waals surface area contributed by atoms with Crippen molar-refractivity contribution in [3.05, 3.63) is 66.5 Å². The number of carbonyl (C=O) groups is 1. The molecule has 1 aromatic carbocycles. The Hall–Kier alpha value is -4.66. The number of carbonyl (C=O) groups excluding carboxylic acids is 1. The summed E-state index contributed by atoms with van der Waals surface area (Å²) in [5.74, 6) is -0.633. The summed E-state index contributed by atoms with van der Waals surface area (Å²) < 4.78 is 42.4. The van der Waals surface area contributed by atoms with E-state index in [0.29, 0.717) is 41.0 Å². The van der Waals surface area contributed by atoms with Crippen molar-refractivity contribution in [1.82, 2.24) is 44.5 Å². The Bertz CT molecular complexity index is 1890. The number of aromatic amines is 1. The maximum atomic E-state index is 13.4. The average Bonchev–Trinajstić information content (AvgIpc) is 3.74. The van der Waals surface area contributed by atoms with Crippen LogP contribution in [-0.2, 0) is 9.84 Å². The molecule has 0 unspecified atom stereocenters. The highest BCUT2D eigenvalue weighted by Gasteiger charge is 2.46. The topological polar surface area (TPSA) is 170 Å². The fraction of sp³-hybridized carbons (Fsp3) is 0.308. The highest BCUT2D eigenvalue weighted by atomic mass is 32.2. The number of nitrogens with zero attached hydrogens (tertiary/aromatic N) is 8. The highest BCUT2D eigenvalue weighted by Crippen LogP contribution is 2.45. The number of benzene rings is 1. The van der Waals surface area contributed by atoms with E-state index >= 15 is 0 Å². The zero-order valence-corrected chi connectivity index (χ0v) is 22.7. The number of rotatable bonds is 5. The first kappa shape index (κ1) is 25.3. The molecule has 6 heterocycles. The number of nitrogen functional groups attached to an aromatic ring is 1. The summed E-state index contributed by atoms with van der Waals surface area (Å²) in [7, 11) is -3.77. The first-order valence-electron chi connectivity index (χ1n) is 13.1. The Morgan fingerprint density at radius 1 is 1.10 bits per heavy atom. The molecule has 3 N–H and O–H groups in total. The highest BCUT2D eigenvalue weighted by molar-refractivity contribution is 7.91. The molecule has 15 heteroatoms. The summed E-state index contributed by atoms with van der Waals surface area (Å²) in [4.78, 5) is 22.6. The van der Waals surface area contributed by atoms with Crippen molar-refractivity contribution in [2.75, 3.05) is 12.0 Å². The summed E-state index contributed by atoms with van der Waals surface area (Å²) in [5.41, 5.74) is 9.23. The molecule has 13 nitrogen and oxygen atoms in total. The van der Waals surface area contributed by atoms with Crippen LogP contribution in [-0.4, -0.2) is 77.1 Å². The molecule has 0 aliphatic carbocycles. The van der Waals surface area contributed by atoms with Crippen molar-refractivity contribution in [2.45, 2.75) is 48.6 Å². The van der Waals surface area contributed by atoms with E-state index in [0.717, 1.165) is 19.1 Å². The quantitative estimate of drug-likeness (QED) is 0.319. The van der Waals surface area contributed by atoms with E-state index < -0.39 is 9.84 Å². The summed E-state index contributed by atoms with van der Waals surface area (Å²) >= 11 is 0. The molecule has 2 saturated heterocycles. The molecule has 0 saturated carbocycles. The molecule has 2 fully saturated rings. The van der Waals surface area contributed by atoms with Crippen LogP contribution in [0, 0.1) is 5.82 Å². The van der Waals surface area contributed by atoms with E-state index in [1.807, 2.05) is 4.90 Å². The zero-order chi connectivity index (χ0) is 28.5. The third kappa shape index (κ3) is 4.15. The van der Waals surface area contributed by atoms with Gasteiger partial charge in [0.25, 0.3) is 5.91 Å². The van der Waals surface area contributed by atoms with E-state index in [2.05, 4.69) is 25.4 Å². The Kier molecular flexibility index (Phi) is 5.67. The predicted octanol–water partition coefficient (Wildman–Crippen LogP) is 2.38. The lowest BCUT2D eigenvalue weighted by Gasteiger charge is -2.38. The number of H-pyrrole nitrogens is 1. The molecule has 7 rings (SSSR count). The number of nitrogens with one attached hydrogen (secondary N) is 1. The van der Waals surface area contributed by atoms with Gasteiger partial charge in [0.15, 0.2) is 15.5 Å². The van der Waals surface area contributed by atoms with Crippen molar-refractivity contribution in [3.63, 3.8) is 0 Å². The largest absolute Gasteiger partial charge is 0.382 e. The number of hydrogen-bond acceptors (Lipinski definition) is 9. The van der Waals surface area contributed by atoms with Gasteiger partial charge in [-0.3, -0.25) is 4.79 Å². The van der Waals surface area contributed by atoms with E-state index in [4.69, 9.17) is 10.7 Å². The van der Waals surface area contributed by atoms with Crippen LogP contribution in [0.1, 0.15) is 47.9 Å². The second-order valence-electron chi connectivity index (χ2n) is 10.5. The predicted molar refractivity (Wildman–Crippen MR) is 144 cm³/mol. The van der Waals surface area contributed by atoms with Crippen molar-refractivity contribution in [1.29, 1.82) is 0 Å². The van der Waals surface area contributed by atoms with Crippen molar-refractivity contribution in [2.24, 2.45) is 0 Å². The number of amides is 1. The van der Waals surface area contributed by atoms with Crippen molar-refractivity contribution < 1.29 is 17.6 Å². The van der Waals surface area contributed by atoms with E-state index in [1.165, 1.54) is 23.0 Å². The van der Waals surface area contributed by atoms with Crippen LogP contribution < -0.4 is 5.73 Å². The minimum atomic E-state index is -3.77. The van der Waals surface area contributed by atoms with Crippen molar-refractivity contribution in [3.8, 4) is 16.8 Å². The Morgan fingerprint density at radius 2 is 1.83 bits per heavy atom. The van der Waals surface area contributed by atoms with Gasteiger partial charge in [-0.15, -0.1) is 10.2 Å². The molecule has 1 amide bonds. The molecule has 0 radical (unpaired) electrons. The monoisotopic (exact) mass is 576 g/mol. The molecule has 41 heavy (non-hydrogen) atoms. The Balaban J connectivity index is 1.29. The van der Waals surface area contributed by atoms with Gasteiger partial charge in [-0.2, -0.15) is 14.7 Å². The van der Waals surface area contributed by atoms with Gasteiger partial charge in [0.1, 0.15) is 22.9 Å². The molecular formula is C26H25FN10O3S. The summed E-state index contributed by atoms with van der Waals surface area (Å²) in [6, 6.07) is 5.74. The lowest BCUT2D eigenvalue weighted by molar-refractivity contribution is 0.0556. The third-order valence-corrected chi connectivity index (χ3v) is 9.15. The summed E-state index contributed by atoms with van der Waals surface area (Å²) in [6.45, 7) is 0. The van der Waals surface area contributed by atoms with Gasteiger partial charge in [0.05, 0.1) is 23.8 Å². The summed E-state index contributed by atoms with van der Waals surface area (Å²) in [5, 5.41) is 16.4. The standard InChI is InChI=1S/C26H25FN10O3S/c1-41(39,40)22-21(14-8-18-6-7-19(9-14)36(18)26(38)24-29-13-30-34-24)33-25-20(11-32-37(25)23(22)28)15-10-31-35(12-15)17-4-2-16(27)3-5-17/h2-5,10-14,18-19H,6-9,28H2,1H3,(H,29,30,34)/t14-,18+,19-. The number of hydrogen-bond donors (Lipinski definition) is 2. The van der Waals surface area contributed by atoms with Gasteiger partial charge in [-0.1, -0.05) is 0 Å². The number of halogens is 1. The maximum Gasteiger partial charge on any atom is 0.292 e. The second-order valence-corrected chi connectivity index (χ2v) is 12.5. The van der Waals surface area contributed by atoms with Crippen LogP contribution in [0.4, 0.5) is 10.2 Å². The van der Waals surface area contributed by atoms with E-state index in [-0.39, 0.29) is 46.3 Å². The normalized spacial score (nSPS) is 20.6. The Labute approximate surface area is 233 Å². The van der Waals surface area contributed by atoms with Crippen LogP contribution in [0.5, 0.6) is 0 Å². The molecular weight excluding hydrogens is 551 g/mol. The van der Waals surface area contributed by atoms with Crippen LogP contribution in [0.15, 0.2) is 54.1 Å². The lowest BCUT2D eigenvalue weighted by Crippen LogP contribution is -2.46. The molecule has 3 atom stereocenters. The smallest absolute Gasteiger partial charge is 0.292 e. The fourth-order valence-corrected chi connectivity index (χ4v) is 7.30. The lowest BCUT2D eigenvalue weighted by atomic mass is 9.87. The van der Waals surface area contributed by atoms with Gasteiger partial charge in [-0.25, -0.2) is 22.5 Å². The number of nitrogens with two attached hydrogens (primary N) is 1. The summed E-state index contributed by atoms with van der Waals surface area (Å²) in [6.07, 6.45) is 10.1. The maximum absolute atomic E-state index is 13.4. The van der Waals surface area contributed by atoms with Crippen LogP contribution >= 0.6 is 0 Å². The SMILES string of the molecule is CS(=O)(=O)c1c([C@H]2C[C@H]3CC[C@@H](C2)N3C(=O)c2nnc[nH]2)nc2c(-c3cnn(-c4ccc(F)cc4)c3)cnn2c1N. The minimum absolute atomic E-state index is 0.0165. The first-order valence-corrected chi connectivity index (χ1v) is 14.9. The van der Waals surface area contributed by atoms with Gasteiger partial charge >= 0.3 is 0 Å². The molecule has 2 bridgehead atoms. The average molecular weight is 577 g/mol. The molecule has 2 aliphatic heterocycles. The van der Waals surface area contributed by atoms with E-state index in [1.54, 1.807) is 35.4 Å². The molecule has 0 spiro atoms. The van der Waals surface area contributed by atoms with Crippen LogP contribution in [0.3, 0.4) is 0 Å². The fourth-order valence-electron chi connectivity index (χ4n) is 6.24. The van der Waals surface area contributed by atoms with Gasteiger partial charge in [0, 0.05) is 41.6 Å². The molecule has 210 valence electrons. The molecule has 2 aliphatic rings. The first-order chi connectivity index (χ1) is 19.7. The molecule has 4 aromatic heterocycles. The number of sulfone groups is 1. The van der Waals surface area contributed by atoms with Gasteiger partial charge < -0.3 is 15.6 Å². The molecule has 5 aromatic rings. The second kappa shape index (κ2) is 9.19. The zero-order valence-electron chi connectivity index (χ0n) is 21.8. The number of fused-ring (bicyclic) bond motifs is 3. The number of piperidine rings is 1. The van der Waals surface area contributed by atoms with Gasteiger partial charge in [-0.05, 0) is 49.9 Å². The number of aromatic nitrogens is 8. The number of anilines is 1. The van der Waals surface area contributed by atoms with Crippen LogP contribution in [0.25, 0.3) is 22.5 Å². The van der Waals surface area contributed by atoms with Crippen LogP contribution in [0.2, 0.25) is 0 Å². The van der Waals surface area contributed by atoms with Gasteiger partial charge in [0.2, 0.25) is 5.82 Å². The Morgan fingerprint density at radius 3 is 2.49 bits per heavy atom.